The summed E-state index contributed by atoms with van der Waals surface area (Å²) < 4.78 is 34.3. The molecule has 3 aromatic rings. The lowest BCUT2D eigenvalue weighted by Crippen LogP contribution is -2.54. The van der Waals surface area contributed by atoms with E-state index in [0.29, 0.717) is 28.6 Å². The van der Waals surface area contributed by atoms with E-state index < -0.39 is 34.1 Å². The van der Waals surface area contributed by atoms with E-state index >= 15 is 0 Å². The molecule has 1 N–H and O–H groups in total. The number of anilines is 1. The van der Waals surface area contributed by atoms with E-state index in [2.05, 4.69) is 5.32 Å². The summed E-state index contributed by atoms with van der Waals surface area (Å²) in [7, 11) is -4.17. The lowest BCUT2D eigenvalue weighted by atomic mass is 10.1. The van der Waals surface area contributed by atoms with Crippen molar-refractivity contribution < 1.29 is 22.7 Å². The molecule has 0 bridgehead atoms. The maximum Gasteiger partial charge on any atom is 0.264 e. The minimum absolute atomic E-state index is 0.00350. The number of sulfonamides is 1. The second-order valence-electron chi connectivity index (χ2n) is 10.3. The van der Waals surface area contributed by atoms with E-state index in [4.69, 9.17) is 16.3 Å². The highest BCUT2D eigenvalue weighted by Gasteiger charge is 2.33. The van der Waals surface area contributed by atoms with Crippen LogP contribution in [0.2, 0.25) is 5.02 Å². The Kier molecular flexibility index (Phi) is 10.2. The number of hydrogen-bond acceptors (Lipinski definition) is 5. The predicted octanol–water partition coefficient (Wildman–Crippen LogP) is 5.27. The Balaban J connectivity index is 2.01. The minimum atomic E-state index is -4.17. The van der Waals surface area contributed by atoms with Crippen LogP contribution in [0.4, 0.5) is 5.69 Å². The van der Waals surface area contributed by atoms with Crippen LogP contribution < -0.4 is 14.4 Å². The quantitative estimate of drug-likeness (QED) is 0.331. The molecule has 0 aliphatic rings. The largest absolute Gasteiger partial charge is 0.494 e. The van der Waals surface area contributed by atoms with Crippen LogP contribution in [0, 0.1) is 0 Å². The smallest absolute Gasteiger partial charge is 0.264 e. The summed E-state index contributed by atoms with van der Waals surface area (Å²) >= 11 is 6.40. The number of para-hydroxylation sites is 1. The Morgan fingerprint density at radius 2 is 1.55 bits per heavy atom. The van der Waals surface area contributed by atoms with Crippen LogP contribution in [0.3, 0.4) is 0 Å². The van der Waals surface area contributed by atoms with Crippen molar-refractivity contribution in [2.75, 3.05) is 17.5 Å². The third-order valence-corrected chi connectivity index (χ3v) is 8.17. The molecule has 8 nitrogen and oxygen atoms in total. The maximum absolute atomic E-state index is 13.9. The van der Waals surface area contributed by atoms with Crippen molar-refractivity contribution in [3.8, 4) is 5.75 Å². The molecule has 0 radical (unpaired) electrons. The van der Waals surface area contributed by atoms with Crippen LogP contribution in [0.25, 0.3) is 0 Å². The van der Waals surface area contributed by atoms with Crippen molar-refractivity contribution in [1.29, 1.82) is 0 Å². The average molecular weight is 586 g/mol. The van der Waals surface area contributed by atoms with Gasteiger partial charge in [-0.15, -0.1) is 0 Å². The molecule has 3 aromatic carbocycles. The van der Waals surface area contributed by atoms with Gasteiger partial charge in [0.05, 0.1) is 17.2 Å². The van der Waals surface area contributed by atoms with E-state index in [1.807, 2.05) is 27.7 Å². The molecule has 1 atom stereocenters. The average Bonchev–Trinajstić information content (AvgIpc) is 2.90. The molecule has 0 heterocycles. The number of benzene rings is 3. The van der Waals surface area contributed by atoms with Crippen molar-refractivity contribution >= 4 is 39.1 Å². The summed E-state index contributed by atoms with van der Waals surface area (Å²) in [4.78, 5) is 28.5. The van der Waals surface area contributed by atoms with Crippen LogP contribution in [0.1, 0.15) is 40.2 Å². The first-order chi connectivity index (χ1) is 18.8. The Morgan fingerprint density at radius 3 is 2.12 bits per heavy atom. The molecule has 2 amide bonds. The van der Waals surface area contributed by atoms with Gasteiger partial charge in [-0.3, -0.25) is 13.9 Å². The molecular weight excluding hydrogens is 550 g/mol. The monoisotopic (exact) mass is 585 g/mol. The van der Waals surface area contributed by atoms with Crippen LogP contribution in [-0.4, -0.2) is 49.9 Å². The van der Waals surface area contributed by atoms with Gasteiger partial charge in [-0.1, -0.05) is 48.0 Å². The van der Waals surface area contributed by atoms with Crippen molar-refractivity contribution in [1.82, 2.24) is 10.2 Å². The zero-order valence-electron chi connectivity index (χ0n) is 23.4. The number of rotatable bonds is 11. The third-order valence-electron chi connectivity index (χ3n) is 6.01. The van der Waals surface area contributed by atoms with Gasteiger partial charge in [0, 0.05) is 17.1 Å². The second-order valence-corrected chi connectivity index (χ2v) is 12.5. The number of amides is 2. The molecule has 214 valence electrons. The number of carbonyl (C=O) groups excluding carboxylic acids is 2. The highest BCUT2D eigenvalue weighted by Crippen LogP contribution is 2.26. The van der Waals surface area contributed by atoms with Gasteiger partial charge in [0.15, 0.2) is 0 Å². The van der Waals surface area contributed by atoms with Gasteiger partial charge >= 0.3 is 0 Å². The van der Waals surface area contributed by atoms with Gasteiger partial charge in [-0.25, -0.2) is 8.42 Å². The Hall–Kier alpha value is -3.56. The minimum Gasteiger partial charge on any atom is -0.494 e. The van der Waals surface area contributed by atoms with Crippen LogP contribution in [-0.2, 0) is 26.2 Å². The first kappa shape index (κ1) is 31.0. The Morgan fingerprint density at radius 1 is 0.950 bits per heavy atom. The summed E-state index contributed by atoms with van der Waals surface area (Å²) in [5, 5.41) is 3.34. The fourth-order valence-corrected chi connectivity index (χ4v) is 5.60. The topological polar surface area (TPSA) is 96.0 Å². The van der Waals surface area contributed by atoms with Gasteiger partial charge in [-0.2, -0.15) is 0 Å². The Labute approximate surface area is 241 Å². The summed E-state index contributed by atoms with van der Waals surface area (Å²) in [5.41, 5.74) is 0.417. The molecule has 0 aliphatic heterocycles. The lowest BCUT2D eigenvalue weighted by molar-refractivity contribution is -0.140. The molecule has 1 unspecified atom stereocenters. The molecule has 0 aromatic heterocycles. The summed E-state index contributed by atoms with van der Waals surface area (Å²) in [6.45, 7) is 8.92. The second kappa shape index (κ2) is 13.2. The van der Waals surface area contributed by atoms with Crippen LogP contribution in [0.15, 0.2) is 83.8 Å². The van der Waals surface area contributed by atoms with Gasteiger partial charge < -0.3 is 15.0 Å². The van der Waals surface area contributed by atoms with Crippen molar-refractivity contribution in [3.63, 3.8) is 0 Å². The maximum atomic E-state index is 13.9. The number of nitrogens with one attached hydrogen (secondary N) is 1. The van der Waals surface area contributed by atoms with E-state index in [1.54, 1.807) is 73.7 Å². The van der Waals surface area contributed by atoms with Gasteiger partial charge in [0.2, 0.25) is 11.8 Å². The number of carbonyl (C=O) groups is 2. The SMILES string of the molecule is CCOc1ccc(S(=O)(=O)N(CC(=O)N(Cc2ccccc2Cl)C(C)C(=O)NC(C)(C)C)c2ccccc2)cc1. The Bertz CT molecular complexity index is 1410. The fraction of sp³-hybridized carbons (Fsp3) is 0.333. The number of nitrogens with zero attached hydrogens (tertiary/aromatic N) is 2. The molecule has 0 spiro atoms. The fourth-order valence-electron chi connectivity index (χ4n) is 3.99. The van der Waals surface area contributed by atoms with E-state index in [-0.39, 0.29) is 17.3 Å². The van der Waals surface area contributed by atoms with E-state index in [9.17, 15) is 18.0 Å². The zero-order valence-corrected chi connectivity index (χ0v) is 25.0. The number of halogens is 1. The molecule has 0 saturated heterocycles. The summed E-state index contributed by atoms with van der Waals surface area (Å²) in [5.74, 6) is -0.392. The van der Waals surface area contributed by atoms with Gasteiger partial charge in [0.1, 0.15) is 18.3 Å². The standard InChI is InChI=1S/C30H36ClN3O5S/c1-6-39-25-16-18-26(19-17-25)40(37,38)34(24-13-8-7-9-14-24)21-28(35)33(20-23-12-10-11-15-27(23)31)22(2)29(36)32-30(3,4)5/h7-19,22H,6,20-21H2,1-5H3,(H,32,36). The molecular formula is C30H36ClN3O5S. The third kappa shape index (κ3) is 7.99. The highest BCUT2D eigenvalue weighted by molar-refractivity contribution is 7.92. The number of hydrogen-bond donors (Lipinski definition) is 1. The molecule has 0 saturated carbocycles. The van der Waals surface area contributed by atoms with Crippen LogP contribution in [0.5, 0.6) is 5.75 Å². The molecule has 0 fully saturated rings. The van der Waals surface area contributed by atoms with E-state index in [1.165, 1.54) is 17.0 Å². The predicted molar refractivity (Wildman–Crippen MR) is 158 cm³/mol. The first-order valence-electron chi connectivity index (χ1n) is 13.0. The molecule has 3 rings (SSSR count). The molecule has 0 aliphatic carbocycles. The van der Waals surface area contributed by atoms with Crippen molar-refractivity contribution in [3.05, 3.63) is 89.4 Å². The molecule has 40 heavy (non-hydrogen) atoms. The van der Waals surface area contributed by atoms with Gasteiger partial charge in [0.25, 0.3) is 10.0 Å². The zero-order chi connectivity index (χ0) is 29.5. The van der Waals surface area contributed by atoms with E-state index in [0.717, 1.165) is 4.31 Å². The van der Waals surface area contributed by atoms with Crippen molar-refractivity contribution in [2.45, 2.75) is 57.6 Å². The van der Waals surface area contributed by atoms with Crippen LogP contribution >= 0.6 is 11.6 Å². The molecule has 10 heteroatoms. The lowest BCUT2D eigenvalue weighted by Gasteiger charge is -2.33. The number of ether oxygens (including phenoxy) is 1. The summed E-state index contributed by atoms with van der Waals surface area (Å²) in [6, 6.07) is 20.5. The highest BCUT2D eigenvalue weighted by atomic mass is 35.5. The van der Waals surface area contributed by atoms with Gasteiger partial charge in [-0.05, 0) is 82.6 Å². The first-order valence-corrected chi connectivity index (χ1v) is 14.8. The summed E-state index contributed by atoms with van der Waals surface area (Å²) in [6.07, 6.45) is 0. The van der Waals surface area contributed by atoms with Crippen molar-refractivity contribution in [2.24, 2.45) is 0 Å². The normalized spacial score (nSPS) is 12.3.